The van der Waals surface area contributed by atoms with E-state index in [9.17, 15) is 0 Å². The fourth-order valence-corrected chi connectivity index (χ4v) is 11.7. The molecule has 3 heterocycles. The molecule has 0 aromatic rings. The summed E-state index contributed by atoms with van der Waals surface area (Å²) in [6.07, 6.45) is 7.70. The van der Waals surface area contributed by atoms with Crippen molar-refractivity contribution in [1.29, 1.82) is 0 Å². The average molecular weight is 390 g/mol. The van der Waals surface area contributed by atoms with Gasteiger partial charge in [-0.15, -0.1) is 0 Å². The normalized spacial score (nSPS) is 26.7. The molecule has 0 amide bonds. The number of hydrogen-bond donors (Lipinski definition) is 0. The van der Waals surface area contributed by atoms with Crippen LogP contribution < -0.4 is 0 Å². The summed E-state index contributed by atoms with van der Waals surface area (Å²) in [6, 6.07) is 3.08. The Labute approximate surface area is 142 Å². The van der Waals surface area contributed by atoms with Crippen molar-refractivity contribution in [1.82, 2.24) is 14.0 Å². The first-order valence-corrected chi connectivity index (χ1v) is 12.9. The molecule has 0 bridgehead atoms. The van der Waals surface area contributed by atoms with Crippen LogP contribution in [0.2, 0.25) is 0 Å². The molecule has 3 aliphatic heterocycles. The van der Waals surface area contributed by atoms with Crippen molar-refractivity contribution in [2.45, 2.75) is 45.4 Å². The first-order chi connectivity index (χ1) is 10.7. The van der Waals surface area contributed by atoms with Crippen molar-refractivity contribution in [3.63, 3.8) is 0 Å². The first-order valence-electron chi connectivity index (χ1n) is 8.84. The molecule has 0 aliphatic carbocycles. The third kappa shape index (κ3) is 2.72. The van der Waals surface area contributed by atoms with Crippen molar-refractivity contribution in [2.75, 3.05) is 45.8 Å². The molecule has 0 radical (unpaired) electrons. The molecule has 3 fully saturated rings. The summed E-state index contributed by atoms with van der Waals surface area (Å²) in [5.74, 6) is -2.80. The molecule has 3 aliphatic rings. The van der Waals surface area contributed by atoms with Gasteiger partial charge in [-0.25, -0.2) is 0 Å². The standard InChI is InChI=1S/C15H29BrN5P/c1-2-17-15-18-22(16,19-9-3-4-10-19,20-11-5-6-12-20)21-13-7-8-14-21/h2-14H2,1H3. The molecule has 5 nitrogen and oxygen atoms in total. The third-order valence-electron chi connectivity index (χ3n) is 5.15. The van der Waals surface area contributed by atoms with Crippen molar-refractivity contribution in [2.24, 2.45) is 9.76 Å². The van der Waals surface area contributed by atoms with Gasteiger partial charge in [-0.1, -0.05) is 0 Å². The Morgan fingerprint density at radius 1 is 0.818 bits per heavy atom. The molecule has 0 saturated carbocycles. The van der Waals surface area contributed by atoms with E-state index in [0.717, 1.165) is 45.8 Å². The van der Waals surface area contributed by atoms with E-state index in [1.54, 1.807) is 0 Å². The minimum absolute atomic E-state index is 0.753. The maximum atomic E-state index is 5.13. The number of aliphatic imine (C=N–C) groups is 1. The van der Waals surface area contributed by atoms with Gasteiger partial charge in [-0.2, -0.15) is 0 Å². The fourth-order valence-electron chi connectivity index (χ4n) is 4.04. The van der Waals surface area contributed by atoms with E-state index in [-0.39, 0.29) is 0 Å². The maximum absolute atomic E-state index is 5.13. The monoisotopic (exact) mass is 389 g/mol. The van der Waals surface area contributed by atoms with Gasteiger partial charge >= 0.3 is 142 Å². The summed E-state index contributed by atoms with van der Waals surface area (Å²) in [7, 11) is 0. The van der Waals surface area contributed by atoms with E-state index in [1.165, 1.54) is 38.5 Å². The van der Waals surface area contributed by atoms with Gasteiger partial charge in [0.05, 0.1) is 0 Å². The van der Waals surface area contributed by atoms with Crippen molar-refractivity contribution < 1.29 is 0 Å². The zero-order chi connectivity index (χ0) is 15.5. The van der Waals surface area contributed by atoms with Crippen molar-refractivity contribution in [3.05, 3.63) is 0 Å². The molecule has 3 saturated heterocycles. The van der Waals surface area contributed by atoms with E-state index in [0.29, 0.717) is 0 Å². The summed E-state index contributed by atoms with van der Waals surface area (Å²) < 4.78 is 13.1. The summed E-state index contributed by atoms with van der Waals surface area (Å²) in [6.45, 7) is 9.68. The Bertz CT molecular complexity index is 403. The fraction of sp³-hybridized carbons (Fsp3) is 0.933. The van der Waals surface area contributed by atoms with E-state index >= 15 is 0 Å². The van der Waals surface area contributed by atoms with Crippen molar-refractivity contribution in [3.8, 4) is 0 Å². The van der Waals surface area contributed by atoms with Crippen LogP contribution >= 0.6 is 21.4 Å². The predicted molar refractivity (Wildman–Crippen MR) is 98.7 cm³/mol. The average Bonchev–Trinajstić information content (AvgIpc) is 3.31. The summed E-state index contributed by atoms with van der Waals surface area (Å²) in [5, 5.41) is 0. The Morgan fingerprint density at radius 3 is 1.50 bits per heavy atom. The second-order valence-corrected chi connectivity index (χ2v) is 13.9. The first kappa shape index (κ1) is 17.0. The van der Waals surface area contributed by atoms with E-state index in [4.69, 9.17) is 4.76 Å². The van der Waals surface area contributed by atoms with Crippen LogP contribution in [0.3, 0.4) is 0 Å². The quantitative estimate of drug-likeness (QED) is 0.526. The van der Waals surface area contributed by atoms with Crippen LogP contribution in [0.1, 0.15) is 45.4 Å². The van der Waals surface area contributed by atoms with E-state index in [1.807, 2.05) is 6.92 Å². The topological polar surface area (TPSA) is 34.4 Å². The number of nitrogens with zero attached hydrogens (tertiary/aromatic N) is 5. The van der Waals surface area contributed by atoms with E-state index in [2.05, 4.69) is 40.5 Å². The Morgan fingerprint density at radius 2 is 1.18 bits per heavy atom. The van der Waals surface area contributed by atoms with Gasteiger partial charge in [0.1, 0.15) is 0 Å². The van der Waals surface area contributed by atoms with Gasteiger partial charge < -0.3 is 0 Å². The van der Waals surface area contributed by atoms with Gasteiger partial charge in [0, 0.05) is 0 Å². The molecular weight excluding hydrogens is 361 g/mol. The zero-order valence-electron chi connectivity index (χ0n) is 13.8. The molecule has 7 heteroatoms. The van der Waals surface area contributed by atoms with Crippen LogP contribution in [0.25, 0.3) is 0 Å². The zero-order valence-corrected chi connectivity index (χ0v) is 16.2. The molecule has 3 rings (SSSR count). The Hall–Kier alpha value is 0.170. The molecule has 0 aromatic carbocycles. The second-order valence-electron chi connectivity index (χ2n) is 6.50. The molecule has 0 atom stereocenters. The Kier molecular flexibility index (Phi) is 5.38. The molecule has 126 valence electrons. The molecule has 0 unspecified atom stereocenters. The van der Waals surface area contributed by atoms with E-state index < -0.39 is 5.91 Å². The second kappa shape index (κ2) is 6.96. The SMILES string of the molecule is CCN=C=NP(Br)(N1CCCC1)(N1CCCC1)N1CCCC1. The van der Waals surface area contributed by atoms with Crippen LogP contribution in [0.5, 0.6) is 0 Å². The third-order valence-corrected chi connectivity index (χ3v) is 14.2. The van der Waals surface area contributed by atoms with Gasteiger partial charge in [0.2, 0.25) is 0 Å². The van der Waals surface area contributed by atoms with Crippen molar-refractivity contribution >= 4 is 27.4 Å². The number of halogens is 1. The van der Waals surface area contributed by atoms with Gasteiger partial charge in [-0.05, 0) is 0 Å². The summed E-state index contributed by atoms with van der Waals surface area (Å²) in [5.41, 5.74) is 0. The van der Waals surface area contributed by atoms with Crippen LogP contribution in [-0.2, 0) is 0 Å². The molecule has 0 aromatic heterocycles. The van der Waals surface area contributed by atoms with Crippen LogP contribution in [-0.4, -0.2) is 65.8 Å². The molecule has 0 N–H and O–H groups in total. The van der Waals surface area contributed by atoms with Gasteiger partial charge in [-0.3, -0.25) is 0 Å². The number of hydrogen-bond acceptors (Lipinski definition) is 5. The summed E-state index contributed by atoms with van der Waals surface area (Å²) >= 11 is 4.32. The molecule has 0 spiro atoms. The predicted octanol–water partition coefficient (Wildman–Crippen LogP) is 3.99. The van der Waals surface area contributed by atoms with Crippen LogP contribution in [0.4, 0.5) is 0 Å². The van der Waals surface area contributed by atoms with Crippen LogP contribution in [0, 0.1) is 0 Å². The summed E-state index contributed by atoms with van der Waals surface area (Å²) in [4.78, 5) is 4.32. The van der Waals surface area contributed by atoms with Gasteiger partial charge in [0.15, 0.2) is 0 Å². The minimum atomic E-state index is -2.80. The number of rotatable bonds is 5. The van der Waals surface area contributed by atoms with Crippen LogP contribution in [0.15, 0.2) is 9.76 Å². The molecule has 22 heavy (non-hydrogen) atoms. The van der Waals surface area contributed by atoms with Gasteiger partial charge in [0.25, 0.3) is 0 Å². The molecular formula is C15H29BrN5P. The Balaban J connectivity index is 2.08.